The average Bonchev–Trinajstić information content (AvgIpc) is 2.36. The largest absolute Gasteiger partial charge is 0.481 e. The lowest BCUT2D eigenvalue weighted by Crippen LogP contribution is -2.45. The molecule has 20 heavy (non-hydrogen) atoms. The summed E-state index contributed by atoms with van der Waals surface area (Å²) in [5.74, 6) is -0.718. The molecule has 1 rings (SSSR count). The molecule has 112 valence electrons. The van der Waals surface area contributed by atoms with Gasteiger partial charge in [0.15, 0.2) is 0 Å². The fourth-order valence-electron chi connectivity index (χ4n) is 1.87. The lowest BCUT2D eigenvalue weighted by Gasteiger charge is -2.27. The van der Waals surface area contributed by atoms with Gasteiger partial charge in [-0.2, -0.15) is 0 Å². The number of carbonyl (C=O) groups is 1. The highest BCUT2D eigenvalue weighted by Crippen LogP contribution is 2.09. The molecule has 8 nitrogen and oxygen atoms in total. The number of aromatic nitrogens is 3. The zero-order valence-corrected chi connectivity index (χ0v) is 12.2. The molecule has 1 N–H and O–H groups in total. The van der Waals surface area contributed by atoms with Crippen LogP contribution in [0.4, 0.5) is 5.82 Å². The van der Waals surface area contributed by atoms with Crippen LogP contribution < -0.4 is 16.1 Å². The molecule has 1 aromatic heterocycles. The Labute approximate surface area is 116 Å². The predicted molar refractivity (Wildman–Crippen MR) is 74.1 cm³/mol. The molecule has 0 fully saturated rings. The van der Waals surface area contributed by atoms with Crippen LogP contribution in [0.2, 0.25) is 0 Å². The van der Waals surface area contributed by atoms with Gasteiger partial charge in [-0.25, -0.2) is 9.48 Å². The summed E-state index contributed by atoms with van der Waals surface area (Å²) in [6.07, 6.45) is 0.427. The fraction of sp³-hybridized carbons (Fsp3) is 0.667. The van der Waals surface area contributed by atoms with Crippen molar-refractivity contribution in [2.75, 3.05) is 11.4 Å². The molecule has 0 aliphatic heterocycles. The Morgan fingerprint density at radius 1 is 1.35 bits per heavy atom. The molecular formula is C12H20N4O4. The van der Waals surface area contributed by atoms with Crippen molar-refractivity contribution in [3.63, 3.8) is 0 Å². The van der Waals surface area contributed by atoms with Crippen LogP contribution in [-0.2, 0) is 18.9 Å². The highest BCUT2D eigenvalue weighted by molar-refractivity contribution is 5.66. The molecule has 0 spiro atoms. The Bertz CT molecular complexity index is 602. The van der Waals surface area contributed by atoms with Crippen LogP contribution in [0, 0.1) is 0 Å². The lowest BCUT2D eigenvalue weighted by atomic mass is 10.2. The minimum absolute atomic E-state index is 0.0231. The number of hydrogen-bond donors (Lipinski definition) is 1. The van der Waals surface area contributed by atoms with E-state index in [1.54, 1.807) is 4.90 Å². The molecule has 0 unspecified atom stereocenters. The average molecular weight is 284 g/mol. The maximum Gasteiger partial charge on any atom is 0.346 e. The fourth-order valence-corrected chi connectivity index (χ4v) is 1.87. The topological polar surface area (TPSA) is 97.4 Å². The van der Waals surface area contributed by atoms with E-state index >= 15 is 0 Å². The van der Waals surface area contributed by atoms with Crippen LogP contribution >= 0.6 is 0 Å². The standard InChI is InChI=1S/C12H20N4O4/c1-8(2)16(7-5-6-9(17)18)10-11(19)14(3)12(20)15(4)13-10/h8H,5-7H2,1-4H3,(H,17,18). The number of aliphatic carboxylic acids is 1. The third kappa shape index (κ3) is 3.46. The Hall–Kier alpha value is -2.12. The summed E-state index contributed by atoms with van der Waals surface area (Å²) in [4.78, 5) is 36.0. The monoisotopic (exact) mass is 284 g/mol. The van der Waals surface area contributed by atoms with Gasteiger partial charge < -0.3 is 10.0 Å². The third-order valence-corrected chi connectivity index (χ3v) is 2.99. The van der Waals surface area contributed by atoms with Gasteiger partial charge in [0.2, 0.25) is 5.82 Å². The van der Waals surface area contributed by atoms with Gasteiger partial charge in [-0.05, 0) is 20.3 Å². The van der Waals surface area contributed by atoms with Crippen LogP contribution in [-0.4, -0.2) is 38.0 Å². The van der Waals surface area contributed by atoms with Gasteiger partial charge in [0, 0.05) is 33.1 Å². The van der Waals surface area contributed by atoms with Crippen LogP contribution in [0.15, 0.2) is 9.59 Å². The molecule has 0 aliphatic rings. The SMILES string of the molecule is CC(C)N(CCCC(=O)O)c1nn(C)c(=O)n(C)c1=O. The van der Waals surface area contributed by atoms with Crippen molar-refractivity contribution >= 4 is 11.8 Å². The first-order chi connectivity index (χ1) is 9.25. The van der Waals surface area contributed by atoms with E-state index < -0.39 is 17.2 Å². The molecule has 0 atom stereocenters. The molecular weight excluding hydrogens is 264 g/mol. The summed E-state index contributed by atoms with van der Waals surface area (Å²) >= 11 is 0. The Kier molecular flexibility index (Phi) is 5.06. The Balaban J connectivity index is 3.13. The first-order valence-electron chi connectivity index (χ1n) is 6.38. The van der Waals surface area contributed by atoms with E-state index in [-0.39, 0.29) is 18.3 Å². The maximum absolute atomic E-state index is 12.1. The van der Waals surface area contributed by atoms with E-state index in [0.29, 0.717) is 13.0 Å². The second-order valence-corrected chi connectivity index (χ2v) is 4.88. The molecule has 0 aliphatic carbocycles. The first kappa shape index (κ1) is 15.9. The van der Waals surface area contributed by atoms with E-state index in [1.165, 1.54) is 14.1 Å². The van der Waals surface area contributed by atoms with Gasteiger partial charge in [-0.3, -0.25) is 14.2 Å². The van der Waals surface area contributed by atoms with Gasteiger partial charge in [0.1, 0.15) is 0 Å². The number of rotatable bonds is 6. The third-order valence-electron chi connectivity index (χ3n) is 2.99. The number of nitrogens with zero attached hydrogens (tertiary/aromatic N) is 4. The second-order valence-electron chi connectivity index (χ2n) is 4.88. The summed E-state index contributed by atoms with van der Waals surface area (Å²) in [6.45, 7) is 4.16. The van der Waals surface area contributed by atoms with E-state index in [4.69, 9.17) is 5.11 Å². The molecule has 0 bridgehead atoms. The molecule has 0 aromatic carbocycles. The Morgan fingerprint density at radius 2 is 1.95 bits per heavy atom. The number of anilines is 1. The molecule has 0 radical (unpaired) electrons. The zero-order chi connectivity index (χ0) is 15.4. The molecule has 0 saturated carbocycles. The molecule has 1 aromatic rings. The van der Waals surface area contributed by atoms with Gasteiger partial charge in [-0.1, -0.05) is 0 Å². The smallest absolute Gasteiger partial charge is 0.346 e. The number of carboxylic acid groups (broad SMARTS) is 1. The van der Waals surface area contributed by atoms with E-state index in [1.807, 2.05) is 13.8 Å². The molecule has 8 heteroatoms. The van der Waals surface area contributed by atoms with Gasteiger partial charge in [-0.15, -0.1) is 5.10 Å². The van der Waals surface area contributed by atoms with Crippen LogP contribution in [0.1, 0.15) is 26.7 Å². The summed E-state index contributed by atoms with van der Waals surface area (Å²) in [6, 6.07) is -0.0264. The van der Waals surface area contributed by atoms with Crippen molar-refractivity contribution in [1.82, 2.24) is 14.3 Å². The first-order valence-corrected chi connectivity index (χ1v) is 6.38. The highest BCUT2D eigenvalue weighted by atomic mass is 16.4. The Morgan fingerprint density at radius 3 is 2.45 bits per heavy atom. The van der Waals surface area contributed by atoms with E-state index in [2.05, 4.69) is 5.10 Å². The molecule has 0 amide bonds. The minimum Gasteiger partial charge on any atom is -0.481 e. The lowest BCUT2D eigenvalue weighted by molar-refractivity contribution is -0.137. The van der Waals surface area contributed by atoms with Crippen molar-refractivity contribution in [2.45, 2.75) is 32.7 Å². The number of aryl methyl sites for hydroxylation is 1. The van der Waals surface area contributed by atoms with Crippen LogP contribution in [0.5, 0.6) is 0 Å². The van der Waals surface area contributed by atoms with Crippen LogP contribution in [0.25, 0.3) is 0 Å². The highest BCUT2D eigenvalue weighted by Gasteiger charge is 2.18. The molecule has 0 saturated heterocycles. The summed E-state index contributed by atoms with van der Waals surface area (Å²) in [5.41, 5.74) is -0.967. The summed E-state index contributed by atoms with van der Waals surface area (Å²) in [7, 11) is 2.87. The van der Waals surface area contributed by atoms with Crippen molar-refractivity contribution in [2.24, 2.45) is 14.1 Å². The van der Waals surface area contributed by atoms with Crippen molar-refractivity contribution < 1.29 is 9.90 Å². The molecule has 1 heterocycles. The summed E-state index contributed by atoms with van der Waals surface area (Å²) in [5, 5.41) is 12.7. The summed E-state index contributed by atoms with van der Waals surface area (Å²) < 4.78 is 2.10. The van der Waals surface area contributed by atoms with Crippen LogP contribution in [0.3, 0.4) is 0 Å². The van der Waals surface area contributed by atoms with Gasteiger partial charge in [0.05, 0.1) is 0 Å². The van der Waals surface area contributed by atoms with E-state index in [0.717, 1.165) is 9.25 Å². The van der Waals surface area contributed by atoms with Crippen molar-refractivity contribution in [1.29, 1.82) is 0 Å². The second kappa shape index (κ2) is 6.36. The normalized spacial score (nSPS) is 10.8. The zero-order valence-electron chi connectivity index (χ0n) is 12.2. The van der Waals surface area contributed by atoms with E-state index in [9.17, 15) is 14.4 Å². The van der Waals surface area contributed by atoms with Crippen molar-refractivity contribution in [3.8, 4) is 0 Å². The minimum atomic E-state index is -0.880. The maximum atomic E-state index is 12.1. The number of carboxylic acids is 1. The predicted octanol–water partition coefficient (Wildman–Crippen LogP) is -0.441. The quantitative estimate of drug-likeness (QED) is 0.760. The van der Waals surface area contributed by atoms with Gasteiger partial charge >= 0.3 is 11.7 Å². The van der Waals surface area contributed by atoms with Gasteiger partial charge in [0.25, 0.3) is 5.56 Å². The van der Waals surface area contributed by atoms with Crippen molar-refractivity contribution in [3.05, 3.63) is 20.8 Å². The number of hydrogen-bond acceptors (Lipinski definition) is 5.